The van der Waals surface area contributed by atoms with Gasteiger partial charge in [-0.3, -0.25) is 14.4 Å². The van der Waals surface area contributed by atoms with Crippen LogP contribution < -0.4 is 25.0 Å². The predicted molar refractivity (Wildman–Crippen MR) is 134 cm³/mol. The standard InChI is InChI=1S/C25H19Cl2N3O5/c1-34-18-10-8-17(9-11-18)29-23(31)14-3-6-16(7-4-14)28-22-21(27)24(32)30(25(22)33)19-13-15(26)5-12-20(19)35-2/h3-13,28H,1-2H3,(H,29,31). The van der Waals surface area contributed by atoms with Gasteiger partial charge in [-0.2, -0.15) is 0 Å². The van der Waals surface area contributed by atoms with Gasteiger partial charge < -0.3 is 20.1 Å². The number of rotatable bonds is 7. The van der Waals surface area contributed by atoms with Crippen molar-refractivity contribution in [2.45, 2.75) is 0 Å². The minimum Gasteiger partial charge on any atom is -0.497 e. The Labute approximate surface area is 211 Å². The van der Waals surface area contributed by atoms with E-state index in [4.69, 9.17) is 32.7 Å². The molecule has 8 nitrogen and oxygen atoms in total. The van der Waals surface area contributed by atoms with Gasteiger partial charge in [0, 0.05) is 22.0 Å². The number of ether oxygens (including phenoxy) is 2. The Hall–Kier alpha value is -4.01. The first-order chi connectivity index (χ1) is 16.8. The van der Waals surface area contributed by atoms with Crippen molar-refractivity contribution in [3.63, 3.8) is 0 Å². The second-order valence-electron chi connectivity index (χ2n) is 7.34. The highest BCUT2D eigenvalue weighted by Crippen LogP contribution is 2.37. The number of carbonyl (C=O) groups excluding carboxylic acids is 3. The number of nitrogens with zero attached hydrogens (tertiary/aromatic N) is 1. The molecule has 10 heteroatoms. The van der Waals surface area contributed by atoms with Crippen LogP contribution in [0.25, 0.3) is 0 Å². The number of halogens is 2. The fourth-order valence-corrected chi connectivity index (χ4v) is 3.77. The molecule has 0 aromatic heterocycles. The number of nitrogens with one attached hydrogen (secondary N) is 2. The number of hydrogen-bond donors (Lipinski definition) is 2. The molecule has 1 aliphatic rings. The lowest BCUT2D eigenvalue weighted by Gasteiger charge is -2.18. The highest BCUT2D eigenvalue weighted by Gasteiger charge is 2.40. The third-order valence-corrected chi connectivity index (χ3v) is 5.76. The molecule has 0 fully saturated rings. The van der Waals surface area contributed by atoms with Crippen molar-refractivity contribution in [1.29, 1.82) is 0 Å². The van der Waals surface area contributed by atoms with Crippen LogP contribution in [-0.4, -0.2) is 31.9 Å². The van der Waals surface area contributed by atoms with Crippen LogP contribution in [-0.2, 0) is 9.59 Å². The highest BCUT2D eigenvalue weighted by atomic mass is 35.5. The van der Waals surface area contributed by atoms with Crippen molar-refractivity contribution in [2.24, 2.45) is 0 Å². The van der Waals surface area contributed by atoms with Crippen molar-refractivity contribution in [1.82, 2.24) is 0 Å². The Balaban J connectivity index is 1.49. The molecule has 0 unspecified atom stereocenters. The smallest absolute Gasteiger partial charge is 0.283 e. The van der Waals surface area contributed by atoms with Gasteiger partial charge in [-0.25, -0.2) is 4.90 Å². The summed E-state index contributed by atoms with van der Waals surface area (Å²) in [4.78, 5) is 39.3. The second-order valence-corrected chi connectivity index (χ2v) is 8.15. The summed E-state index contributed by atoms with van der Waals surface area (Å²) >= 11 is 12.3. The number of hydrogen-bond acceptors (Lipinski definition) is 6. The summed E-state index contributed by atoms with van der Waals surface area (Å²) < 4.78 is 10.4. The zero-order chi connectivity index (χ0) is 25.1. The first kappa shape index (κ1) is 24.1. The van der Waals surface area contributed by atoms with E-state index in [1.165, 1.54) is 13.2 Å². The molecule has 0 saturated heterocycles. The first-order valence-corrected chi connectivity index (χ1v) is 11.0. The molecule has 0 saturated carbocycles. The van der Waals surface area contributed by atoms with Gasteiger partial charge in [0.25, 0.3) is 17.7 Å². The van der Waals surface area contributed by atoms with Gasteiger partial charge in [0.15, 0.2) is 0 Å². The fourth-order valence-electron chi connectivity index (χ4n) is 3.39. The van der Waals surface area contributed by atoms with Gasteiger partial charge in [0.05, 0.1) is 19.9 Å². The summed E-state index contributed by atoms with van der Waals surface area (Å²) in [5.74, 6) is -0.727. The van der Waals surface area contributed by atoms with E-state index in [1.807, 2.05) is 0 Å². The van der Waals surface area contributed by atoms with E-state index in [-0.39, 0.29) is 28.1 Å². The number of anilines is 3. The lowest BCUT2D eigenvalue weighted by molar-refractivity contribution is -0.120. The monoisotopic (exact) mass is 511 g/mol. The highest BCUT2D eigenvalue weighted by molar-refractivity contribution is 6.53. The average molecular weight is 512 g/mol. The maximum absolute atomic E-state index is 13.1. The number of methoxy groups -OCH3 is 2. The van der Waals surface area contributed by atoms with Crippen LogP contribution in [0.3, 0.4) is 0 Å². The molecule has 4 rings (SSSR count). The molecule has 0 bridgehead atoms. The summed E-state index contributed by atoms with van der Waals surface area (Å²) in [7, 11) is 2.98. The van der Waals surface area contributed by atoms with Crippen LogP contribution in [0.4, 0.5) is 17.1 Å². The second kappa shape index (κ2) is 10.1. The van der Waals surface area contributed by atoms with E-state index in [9.17, 15) is 14.4 Å². The topological polar surface area (TPSA) is 97.0 Å². The zero-order valence-corrected chi connectivity index (χ0v) is 20.1. The van der Waals surface area contributed by atoms with Crippen LogP contribution in [0.1, 0.15) is 10.4 Å². The molecule has 3 amide bonds. The van der Waals surface area contributed by atoms with E-state index in [1.54, 1.807) is 67.8 Å². The number of imide groups is 1. The lowest BCUT2D eigenvalue weighted by Crippen LogP contribution is -2.32. The molecule has 178 valence electrons. The molecule has 0 radical (unpaired) electrons. The predicted octanol–water partition coefficient (Wildman–Crippen LogP) is 5.05. The molecule has 3 aromatic carbocycles. The molecule has 0 spiro atoms. The van der Waals surface area contributed by atoms with Crippen molar-refractivity contribution < 1.29 is 23.9 Å². The van der Waals surface area contributed by atoms with Crippen LogP contribution in [0, 0.1) is 0 Å². The zero-order valence-electron chi connectivity index (χ0n) is 18.6. The van der Waals surface area contributed by atoms with E-state index >= 15 is 0 Å². The first-order valence-electron chi connectivity index (χ1n) is 10.3. The van der Waals surface area contributed by atoms with Crippen LogP contribution in [0.5, 0.6) is 11.5 Å². The number of amides is 3. The average Bonchev–Trinajstić information content (AvgIpc) is 3.07. The Morgan fingerprint density at radius 1 is 0.829 bits per heavy atom. The molecular weight excluding hydrogens is 493 g/mol. The van der Waals surface area contributed by atoms with Crippen molar-refractivity contribution in [3.05, 3.63) is 88.0 Å². The number of benzene rings is 3. The van der Waals surface area contributed by atoms with Crippen LogP contribution in [0.2, 0.25) is 5.02 Å². The van der Waals surface area contributed by atoms with E-state index in [0.29, 0.717) is 27.7 Å². The SMILES string of the molecule is COc1ccc(NC(=O)c2ccc(NC3=C(Cl)C(=O)N(c4cc(Cl)ccc4OC)C3=O)cc2)cc1. The summed E-state index contributed by atoms with van der Waals surface area (Å²) in [6, 6.07) is 17.9. The largest absolute Gasteiger partial charge is 0.497 e. The summed E-state index contributed by atoms with van der Waals surface area (Å²) in [6.45, 7) is 0. The van der Waals surface area contributed by atoms with Crippen molar-refractivity contribution in [3.8, 4) is 11.5 Å². The Morgan fingerprint density at radius 2 is 1.49 bits per heavy atom. The molecular formula is C25H19Cl2N3O5. The minimum absolute atomic E-state index is 0.103. The van der Waals surface area contributed by atoms with Gasteiger partial charge in [-0.1, -0.05) is 23.2 Å². The normalized spacial score (nSPS) is 13.2. The fraction of sp³-hybridized carbons (Fsp3) is 0.0800. The van der Waals surface area contributed by atoms with Gasteiger partial charge >= 0.3 is 0 Å². The molecule has 0 aliphatic carbocycles. The van der Waals surface area contributed by atoms with E-state index in [0.717, 1.165) is 4.90 Å². The molecule has 0 atom stereocenters. The van der Waals surface area contributed by atoms with Crippen LogP contribution in [0.15, 0.2) is 77.5 Å². The summed E-state index contributed by atoms with van der Waals surface area (Å²) in [5.41, 5.74) is 1.54. The Morgan fingerprint density at radius 3 is 2.11 bits per heavy atom. The summed E-state index contributed by atoms with van der Waals surface area (Å²) in [5, 5.41) is 5.70. The van der Waals surface area contributed by atoms with Gasteiger partial charge in [-0.05, 0) is 66.7 Å². The summed E-state index contributed by atoms with van der Waals surface area (Å²) in [6.07, 6.45) is 0. The maximum atomic E-state index is 13.1. The molecule has 3 aromatic rings. The molecule has 1 aliphatic heterocycles. The van der Waals surface area contributed by atoms with Crippen molar-refractivity contribution >= 4 is 58.0 Å². The quantitative estimate of drug-likeness (QED) is 0.431. The minimum atomic E-state index is -0.713. The molecule has 2 N–H and O–H groups in total. The third-order valence-electron chi connectivity index (χ3n) is 5.17. The van der Waals surface area contributed by atoms with Crippen LogP contribution >= 0.6 is 23.2 Å². The third kappa shape index (κ3) is 4.94. The van der Waals surface area contributed by atoms with E-state index < -0.39 is 11.8 Å². The van der Waals surface area contributed by atoms with Crippen molar-refractivity contribution in [2.75, 3.05) is 29.8 Å². The maximum Gasteiger partial charge on any atom is 0.283 e. The lowest BCUT2D eigenvalue weighted by atomic mass is 10.2. The van der Waals surface area contributed by atoms with Gasteiger partial charge in [-0.15, -0.1) is 0 Å². The Kier molecular flexibility index (Phi) is 6.95. The molecule has 35 heavy (non-hydrogen) atoms. The Bertz CT molecular complexity index is 1340. The molecule has 1 heterocycles. The van der Waals surface area contributed by atoms with Gasteiger partial charge in [0.2, 0.25) is 0 Å². The van der Waals surface area contributed by atoms with Gasteiger partial charge in [0.1, 0.15) is 22.2 Å². The van der Waals surface area contributed by atoms with E-state index in [2.05, 4.69) is 10.6 Å². The number of carbonyl (C=O) groups is 3.